The van der Waals surface area contributed by atoms with Crippen LogP contribution in [0.4, 0.5) is 0 Å². The molecule has 1 aliphatic rings. The van der Waals surface area contributed by atoms with Crippen molar-refractivity contribution < 1.29 is 0 Å². The normalized spacial score (nSPS) is 18.5. The molecule has 1 nitrogen and oxygen atoms in total. The predicted octanol–water partition coefficient (Wildman–Crippen LogP) is 3.24. The quantitative estimate of drug-likeness (QED) is 0.584. The van der Waals surface area contributed by atoms with E-state index in [1.807, 2.05) is 17.1 Å². The molecule has 3 heteroatoms. The summed E-state index contributed by atoms with van der Waals surface area (Å²) in [6.07, 6.45) is 2.69. The number of thiocarbonyl (C=S) groups is 1. The molecular weight excluding hydrogens is 234 g/mol. The smallest absolute Gasteiger partial charge is 0.0504 e. The minimum Gasteiger partial charge on any atom is -0.302 e. The Balaban J connectivity index is 1.87. The lowest BCUT2D eigenvalue weighted by Gasteiger charge is -2.19. The molecule has 1 heterocycles. The highest BCUT2D eigenvalue weighted by Crippen LogP contribution is 2.23. The summed E-state index contributed by atoms with van der Waals surface area (Å²) in [4.78, 5) is 3.83. The molecule has 0 saturated carbocycles. The molecule has 1 unspecified atom stereocenters. The van der Waals surface area contributed by atoms with E-state index < -0.39 is 0 Å². The summed E-state index contributed by atoms with van der Waals surface area (Å²) in [6.45, 7) is 3.59. The van der Waals surface area contributed by atoms with Crippen LogP contribution in [0.2, 0.25) is 0 Å². The van der Waals surface area contributed by atoms with Gasteiger partial charge in [0.2, 0.25) is 0 Å². The van der Waals surface area contributed by atoms with Gasteiger partial charge in [-0.3, -0.25) is 0 Å². The van der Waals surface area contributed by atoms with Crippen molar-refractivity contribution >= 4 is 29.3 Å². The first-order valence-corrected chi connectivity index (χ1v) is 7.13. The maximum atomic E-state index is 5.13. The standard InChI is InChI=1S/C13H17NS2/c15-11-13(10-14-8-4-5-9-14)16-12-6-2-1-3-7-12/h1-3,6-7,11,13H,4-5,8-10H2. The van der Waals surface area contributed by atoms with Crippen molar-refractivity contribution in [3.63, 3.8) is 0 Å². The number of likely N-dealkylation sites (tertiary alicyclic amines) is 1. The second-order valence-electron chi connectivity index (χ2n) is 4.11. The molecule has 1 aromatic carbocycles. The van der Waals surface area contributed by atoms with E-state index in [2.05, 4.69) is 35.2 Å². The van der Waals surface area contributed by atoms with Crippen LogP contribution >= 0.6 is 24.0 Å². The fourth-order valence-electron chi connectivity index (χ4n) is 2.00. The third-order valence-corrected chi connectivity index (χ3v) is 4.45. The van der Waals surface area contributed by atoms with Crippen LogP contribution in [0.25, 0.3) is 0 Å². The largest absolute Gasteiger partial charge is 0.302 e. The van der Waals surface area contributed by atoms with Gasteiger partial charge >= 0.3 is 0 Å². The van der Waals surface area contributed by atoms with E-state index in [1.54, 1.807) is 0 Å². The molecule has 0 N–H and O–H groups in total. The fourth-order valence-corrected chi connectivity index (χ4v) is 3.26. The van der Waals surface area contributed by atoms with Crippen molar-refractivity contribution in [2.24, 2.45) is 0 Å². The molecule has 0 aliphatic carbocycles. The predicted molar refractivity (Wildman–Crippen MR) is 75.4 cm³/mol. The summed E-state index contributed by atoms with van der Waals surface area (Å²) in [5.74, 6) is 0. The van der Waals surface area contributed by atoms with E-state index in [4.69, 9.17) is 12.2 Å². The zero-order valence-electron chi connectivity index (χ0n) is 9.34. The van der Waals surface area contributed by atoms with Gasteiger partial charge in [0.25, 0.3) is 0 Å². The molecular formula is C13H17NS2. The zero-order valence-corrected chi connectivity index (χ0v) is 11.0. The molecule has 2 rings (SSSR count). The van der Waals surface area contributed by atoms with Gasteiger partial charge in [-0.2, -0.15) is 0 Å². The molecule has 1 atom stereocenters. The average molecular weight is 251 g/mol. The van der Waals surface area contributed by atoms with E-state index in [0.29, 0.717) is 5.25 Å². The van der Waals surface area contributed by atoms with Crippen LogP contribution in [0, 0.1) is 0 Å². The van der Waals surface area contributed by atoms with Gasteiger partial charge in [0.05, 0.1) is 5.25 Å². The van der Waals surface area contributed by atoms with Gasteiger partial charge in [-0.05, 0) is 43.4 Å². The fraction of sp³-hybridized carbons (Fsp3) is 0.462. The van der Waals surface area contributed by atoms with Gasteiger partial charge in [0.15, 0.2) is 0 Å². The molecule has 1 aromatic rings. The molecule has 1 fully saturated rings. The third-order valence-electron chi connectivity index (χ3n) is 2.82. The summed E-state index contributed by atoms with van der Waals surface area (Å²) in [5, 5.41) is 2.35. The maximum Gasteiger partial charge on any atom is 0.0504 e. The lowest BCUT2D eigenvalue weighted by atomic mass is 10.4. The number of hydrogen-bond acceptors (Lipinski definition) is 3. The summed E-state index contributed by atoms with van der Waals surface area (Å²) in [6, 6.07) is 10.5. The van der Waals surface area contributed by atoms with Crippen molar-refractivity contribution in [1.82, 2.24) is 4.90 Å². The Kier molecular flexibility index (Phi) is 4.82. The van der Waals surface area contributed by atoms with Crippen molar-refractivity contribution in [3.8, 4) is 0 Å². The molecule has 1 aliphatic heterocycles. The summed E-state index contributed by atoms with van der Waals surface area (Å²) in [5.41, 5.74) is 0. The summed E-state index contributed by atoms with van der Waals surface area (Å²) < 4.78 is 0. The van der Waals surface area contributed by atoms with Gasteiger partial charge in [-0.25, -0.2) is 0 Å². The minimum atomic E-state index is 0.440. The zero-order chi connectivity index (χ0) is 11.2. The second kappa shape index (κ2) is 6.38. The first-order chi connectivity index (χ1) is 7.88. The van der Waals surface area contributed by atoms with Crippen molar-refractivity contribution in [2.75, 3.05) is 19.6 Å². The van der Waals surface area contributed by atoms with Crippen LogP contribution in [0.15, 0.2) is 35.2 Å². The van der Waals surface area contributed by atoms with Crippen molar-refractivity contribution in [2.45, 2.75) is 23.0 Å². The Morgan fingerprint density at radius 2 is 1.94 bits per heavy atom. The first-order valence-electron chi connectivity index (χ1n) is 5.78. The Bertz CT molecular complexity index is 320. The summed E-state index contributed by atoms with van der Waals surface area (Å²) in [7, 11) is 0. The SMILES string of the molecule is S=CC(CN1CCCC1)Sc1ccccc1. The van der Waals surface area contributed by atoms with Crippen molar-refractivity contribution in [1.29, 1.82) is 0 Å². The molecule has 0 spiro atoms. The molecule has 0 amide bonds. The van der Waals surface area contributed by atoms with Crippen LogP contribution in [-0.2, 0) is 0 Å². The Morgan fingerprint density at radius 3 is 2.56 bits per heavy atom. The van der Waals surface area contributed by atoms with Crippen LogP contribution in [0.5, 0.6) is 0 Å². The highest BCUT2D eigenvalue weighted by Gasteiger charge is 2.16. The monoisotopic (exact) mass is 251 g/mol. The number of hydrogen-bond donors (Lipinski definition) is 0. The van der Waals surface area contributed by atoms with Gasteiger partial charge in [-0.15, -0.1) is 11.8 Å². The molecule has 1 saturated heterocycles. The highest BCUT2D eigenvalue weighted by atomic mass is 32.2. The van der Waals surface area contributed by atoms with Crippen molar-refractivity contribution in [3.05, 3.63) is 30.3 Å². The molecule has 0 bridgehead atoms. The molecule has 86 valence electrons. The van der Waals surface area contributed by atoms with E-state index in [9.17, 15) is 0 Å². The molecule has 0 aromatic heterocycles. The van der Waals surface area contributed by atoms with E-state index in [0.717, 1.165) is 6.54 Å². The topological polar surface area (TPSA) is 3.24 Å². The summed E-state index contributed by atoms with van der Waals surface area (Å²) >= 11 is 7.01. The van der Waals surface area contributed by atoms with Gasteiger partial charge in [0, 0.05) is 11.4 Å². The lowest BCUT2D eigenvalue weighted by molar-refractivity contribution is 0.354. The maximum absolute atomic E-state index is 5.13. The van der Waals surface area contributed by atoms with Crippen LogP contribution in [-0.4, -0.2) is 35.2 Å². The average Bonchev–Trinajstić information content (AvgIpc) is 2.82. The van der Waals surface area contributed by atoms with Crippen LogP contribution in [0.3, 0.4) is 0 Å². The first kappa shape index (κ1) is 12.1. The Hall–Kier alpha value is -0.380. The minimum absolute atomic E-state index is 0.440. The molecule has 16 heavy (non-hydrogen) atoms. The van der Waals surface area contributed by atoms with E-state index >= 15 is 0 Å². The Labute approximate surface area is 107 Å². The van der Waals surface area contributed by atoms with E-state index in [-0.39, 0.29) is 0 Å². The molecule has 0 radical (unpaired) electrons. The third kappa shape index (κ3) is 3.58. The highest BCUT2D eigenvalue weighted by molar-refractivity contribution is 8.01. The number of rotatable bonds is 5. The van der Waals surface area contributed by atoms with Gasteiger partial charge in [0.1, 0.15) is 0 Å². The second-order valence-corrected chi connectivity index (χ2v) is 5.70. The van der Waals surface area contributed by atoms with E-state index in [1.165, 1.54) is 30.8 Å². The van der Waals surface area contributed by atoms with Crippen LogP contribution < -0.4 is 0 Å². The van der Waals surface area contributed by atoms with Gasteiger partial charge in [-0.1, -0.05) is 30.4 Å². The number of nitrogens with zero attached hydrogens (tertiary/aromatic N) is 1. The Morgan fingerprint density at radius 1 is 1.25 bits per heavy atom. The number of benzene rings is 1. The lowest BCUT2D eigenvalue weighted by Crippen LogP contribution is -2.28. The van der Waals surface area contributed by atoms with Gasteiger partial charge < -0.3 is 4.90 Å². The van der Waals surface area contributed by atoms with Crippen LogP contribution in [0.1, 0.15) is 12.8 Å². The number of thioether (sulfide) groups is 1.